The third-order valence-corrected chi connectivity index (χ3v) is 6.59. The van der Waals surface area contributed by atoms with Crippen molar-refractivity contribution in [3.63, 3.8) is 0 Å². The summed E-state index contributed by atoms with van der Waals surface area (Å²) in [7, 11) is 1.43. The smallest absolute Gasteiger partial charge is 0.293 e. The highest BCUT2D eigenvalue weighted by molar-refractivity contribution is 8.18. The van der Waals surface area contributed by atoms with Crippen LogP contribution in [0.4, 0.5) is 14.9 Å². The predicted molar refractivity (Wildman–Crippen MR) is 133 cm³/mol. The van der Waals surface area contributed by atoms with Gasteiger partial charge in [-0.2, -0.15) is 0 Å². The molecule has 8 nitrogen and oxygen atoms in total. The van der Waals surface area contributed by atoms with E-state index >= 15 is 0 Å². The fraction of sp³-hybridized carbons (Fsp3) is 0.120. The monoisotopic (exact) mass is 528 g/mol. The molecular weight excluding hydrogens is 511 g/mol. The number of imide groups is 1. The van der Waals surface area contributed by atoms with Crippen molar-refractivity contribution in [2.45, 2.75) is 13.2 Å². The number of carbonyl (C=O) groups is 2. The zero-order valence-corrected chi connectivity index (χ0v) is 20.3. The molecule has 0 bridgehead atoms. The van der Waals surface area contributed by atoms with Crippen LogP contribution in [0.15, 0.2) is 65.6 Å². The second-order valence-electron chi connectivity index (χ2n) is 7.52. The number of hydrogen-bond acceptors (Lipinski definition) is 7. The highest BCUT2D eigenvalue weighted by Crippen LogP contribution is 2.39. The Morgan fingerprint density at radius 2 is 1.86 bits per heavy atom. The van der Waals surface area contributed by atoms with Crippen LogP contribution in [0.1, 0.15) is 16.7 Å². The first-order valence-corrected chi connectivity index (χ1v) is 11.7. The van der Waals surface area contributed by atoms with Gasteiger partial charge >= 0.3 is 0 Å². The molecule has 0 saturated carbocycles. The number of carbonyl (C=O) groups excluding carboxylic acids is 2. The SMILES string of the molecule is COc1cccc(/C=C2\SC(=O)N(Cc3ccccc3[N+](=O)[O-])C2=O)c1OCc1c(F)cccc1Cl. The van der Waals surface area contributed by atoms with Gasteiger partial charge < -0.3 is 9.47 Å². The van der Waals surface area contributed by atoms with E-state index in [0.717, 1.165) is 4.90 Å². The molecule has 0 N–H and O–H groups in total. The summed E-state index contributed by atoms with van der Waals surface area (Å²) in [5.41, 5.74) is 0.618. The number of rotatable bonds is 8. The highest BCUT2D eigenvalue weighted by Gasteiger charge is 2.36. The second kappa shape index (κ2) is 10.8. The van der Waals surface area contributed by atoms with E-state index in [9.17, 15) is 24.1 Å². The summed E-state index contributed by atoms with van der Waals surface area (Å²) in [6, 6.07) is 15.2. The van der Waals surface area contributed by atoms with E-state index in [2.05, 4.69) is 0 Å². The van der Waals surface area contributed by atoms with Crippen LogP contribution in [0.5, 0.6) is 11.5 Å². The van der Waals surface area contributed by atoms with Crippen LogP contribution in [0.3, 0.4) is 0 Å². The Hall–Kier alpha value is -3.89. The van der Waals surface area contributed by atoms with Gasteiger partial charge in [0.1, 0.15) is 12.4 Å². The molecule has 4 rings (SSSR count). The van der Waals surface area contributed by atoms with E-state index in [0.29, 0.717) is 23.1 Å². The minimum Gasteiger partial charge on any atom is -0.493 e. The number of nitro groups is 1. The second-order valence-corrected chi connectivity index (χ2v) is 8.92. The zero-order valence-electron chi connectivity index (χ0n) is 18.8. The molecule has 1 fully saturated rings. The molecule has 0 atom stereocenters. The lowest BCUT2D eigenvalue weighted by Gasteiger charge is -2.15. The molecule has 0 aliphatic carbocycles. The maximum absolute atomic E-state index is 14.2. The standard InChI is InChI=1S/C25H18ClFN2O6S/c1-34-21-11-4-7-15(23(21)35-14-17-18(26)8-5-9-19(17)27)12-22-24(30)28(25(31)36-22)13-16-6-2-3-10-20(16)29(32)33/h2-12H,13-14H2,1H3/b22-12-. The van der Waals surface area contributed by atoms with Crippen LogP contribution in [0.25, 0.3) is 6.08 Å². The predicted octanol–water partition coefficient (Wildman–Crippen LogP) is 6.21. The van der Waals surface area contributed by atoms with Crippen molar-refractivity contribution in [2.75, 3.05) is 7.11 Å². The number of para-hydroxylation sites is 2. The summed E-state index contributed by atoms with van der Waals surface area (Å²) in [6.07, 6.45) is 1.46. The quantitative estimate of drug-likeness (QED) is 0.195. The van der Waals surface area contributed by atoms with Crippen molar-refractivity contribution < 1.29 is 28.4 Å². The summed E-state index contributed by atoms with van der Waals surface area (Å²) in [5, 5.41) is 10.9. The van der Waals surface area contributed by atoms with Gasteiger partial charge in [0.15, 0.2) is 11.5 Å². The number of nitrogens with zero attached hydrogens (tertiary/aromatic N) is 2. The molecule has 1 aliphatic heterocycles. The molecule has 1 aliphatic rings. The molecule has 184 valence electrons. The van der Waals surface area contributed by atoms with Crippen LogP contribution in [-0.2, 0) is 17.9 Å². The Kier molecular flexibility index (Phi) is 7.56. The molecular formula is C25H18ClFN2O6S. The molecule has 36 heavy (non-hydrogen) atoms. The number of hydrogen-bond donors (Lipinski definition) is 0. The maximum atomic E-state index is 14.2. The first-order chi connectivity index (χ1) is 17.3. The molecule has 0 spiro atoms. The first-order valence-electron chi connectivity index (χ1n) is 10.5. The fourth-order valence-corrected chi connectivity index (χ4v) is 4.59. The number of ether oxygens (including phenoxy) is 2. The van der Waals surface area contributed by atoms with Gasteiger partial charge in [0.05, 0.1) is 28.5 Å². The average molecular weight is 529 g/mol. The highest BCUT2D eigenvalue weighted by atomic mass is 35.5. The van der Waals surface area contributed by atoms with Gasteiger partial charge in [-0.05, 0) is 36.0 Å². The van der Waals surface area contributed by atoms with Crippen LogP contribution < -0.4 is 9.47 Å². The van der Waals surface area contributed by atoms with Crippen LogP contribution in [-0.4, -0.2) is 28.1 Å². The van der Waals surface area contributed by atoms with Gasteiger partial charge in [0.2, 0.25) is 0 Å². The topological polar surface area (TPSA) is 99.0 Å². The summed E-state index contributed by atoms with van der Waals surface area (Å²) in [6.45, 7) is -0.446. The van der Waals surface area contributed by atoms with Gasteiger partial charge in [0.25, 0.3) is 16.8 Å². The number of nitro benzene ring substituents is 1. The Labute approximate surface area is 214 Å². The normalized spacial score (nSPS) is 14.4. The molecule has 11 heteroatoms. The van der Waals surface area contributed by atoms with E-state index < -0.39 is 21.9 Å². The number of methoxy groups -OCH3 is 1. The number of halogens is 2. The van der Waals surface area contributed by atoms with Crippen molar-refractivity contribution >= 4 is 46.3 Å². The average Bonchev–Trinajstić information content (AvgIpc) is 3.11. The Bertz CT molecular complexity index is 1380. The van der Waals surface area contributed by atoms with E-state index in [1.807, 2.05) is 0 Å². The molecule has 1 saturated heterocycles. The molecule has 0 aromatic heterocycles. The number of benzene rings is 3. The van der Waals surface area contributed by atoms with Gasteiger partial charge in [0, 0.05) is 22.8 Å². The summed E-state index contributed by atoms with van der Waals surface area (Å²) >= 11 is 6.80. The summed E-state index contributed by atoms with van der Waals surface area (Å²) in [5.74, 6) is -0.579. The number of thioether (sulfide) groups is 1. The minimum absolute atomic E-state index is 0.0978. The van der Waals surface area contributed by atoms with Crippen molar-refractivity contribution in [3.05, 3.63) is 103 Å². The lowest BCUT2D eigenvalue weighted by molar-refractivity contribution is -0.385. The van der Waals surface area contributed by atoms with Crippen molar-refractivity contribution in [3.8, 4) is 11.5 Å². The van der Waals surface area contributed by atoms with Crippen LogP contribution in [0.2, 0.25) is 5.02 Å². The fourth-order valence-electron chi connectivity index (χ4n) is 3.55. The Balaban J connectivity index is 1.62. The van der Waals surface area contributed by atoms with E-state index in [4.69, 9.17) is 21.1 Å². The maximum Gasteiger partial charge on any atom is 0.293 e. The third kappa shape index (κ3) is 5.19. The van der Waals surface area contributed by atoms with Crippen LogP contribution >= 0.6 is 23.4 Å². The lowest BCUT2D eigenvalue weighted by Crippen LogP contribution is -2.27. The Morgan fingerprint density at radius 1 is 1.11 bits per heavy atom. The Morgan fingerprint density at radius 3 is 2.58 bits per heavy atom. The van der Waals surface area contributed by atoms with Gasteiger partial charge in [-0.1, -0.05) is 48.0 Å². The van der Waals surface area contributed by atoms with Gasteiger partial charge in [-0.25, -0.2) is 4.39 Å². The minimum atomic E-state index is -0.603. The van der Waals surface area contributed by atoms with Gasteiger partial charge in [-0.3, -0.25) is 24.6 Å². The van der Waals surface area contributed by atoms with E-state index in [-0.39, 0.29) is 45.6 Å². The largest absolute Gasteiger partial charge is 0.493 e. The third-order valence-electron chi connectivity index (χ3n) is 5.33. The van der Waals surface area contributed by atoms with Crippen molar-refractivity contribution in [1.82, 2.24) is 4.90 Å². The zero-order chi connectivity index (χ0) is 25.8. The first kappa shape index (κ1) is 25.2. The van der Waals surface area contributed by atoms with E-state index in [1.54, 1.807) is 30.3 Å². The van der Waals surface area contributed by atoms with E-state index in [1.165, 1.54) is 43.5 Å². The molecule has 2 amide bonds. The van der Waals surface area contributed by atoms with Crippen molar-refractivity contribution in [2.24, 2.45) is 0 Å². The summed E-state index contributed by atoms with van der Waals surface area (Å²) in [4.78, 5) is 37.4. The van der Waals surface area contributed by atoms with Gasteiger partial charge in [-0.15, -0.1) is 0 Å². The number of amides is 2. The summed E-state index contributed by atoms with van der Waals surface area (Å²) < 4.78 is 25.4. The molecule has 3 aromatic rings. The molecule has 0 radical (unpaired) electrons. The molecule has 1 heterocycles. The van der Waals surface area contributed by atoms with Crippen LogP contribution in [0, 0.1) is 15.9 Å². The lowest BCUT2D eigenvalue weighted by atomic mass is 10.1. The molecule has 0 unspecified atom stereocenters. The molecule has 3 aromatic carbocycles. The van der Waals surface area contributed by atoms with Crippen molar-refractivity contribution in [1.29, 1.82) is 0 Å².